The van der Waals surface area contributed by atoms with Gasteiger partial charge < -0.3 is 10.6 Å². The molecule has 1 aromatic rings. The Morgan fingerprint density at radius 1 is 1.20 bits per heavy atom. The van der Waals surface area contributed by atoms with Crippen LogP contribution >= 0.6 is 0 Å². The highest BCUT2D eigenvalue weighted by Crippen LogP contribution is 2.41. The number of piperidine rings is 2. The van der Waals surface area contributed by atoms with Gasteiger partial charge in [0.25, 0.3) is 0 Å². The van der Waals surface area contributed by atoms with Gasteiger partial charge in [0.15, 0.2) is 0 Å². The normalized spacial score (nSPS) is 28.7. The third-order valence-corrected chi connectivity index (χ3v) is 3.80. The van der Waals surface area contributed by atoms with E-state index in [1.165, 1.54) is 37.2 Å². The highest BCUT2D eigenvalue weighted by molar-refractivity contribution is 5.49. The van der Waals surface area contributed by atoms with Crippen LogP contribution in [0.1, 0.15) is 18.4 Å². The maximum absolute atomic E-state index is 5.67. The fraction of sp³-hybridized carbons (Fsp3) is 0.538. The second-order valence-electron chi connectivity index (χ2n) is 4.98. The Balaban J connectivity index is 1.80. The fourth-order valence-electron chi connectivity index (χ4n) is 2.96. The first-order valence-electron chi connectivity index (χ1n) is 5.89. The largest absolute Gasteiger partial charge is 0.371 e. The lowest BCUT2D eigenvalue weighted by Gasteiger charge is -2.48. The number of hydrogen-bond acceptors (Lipinski definition) is 2. The molecule has 3 aliphatic rings. The van der Waals surface area contributed by atoms with Gasteiger partial charge in [-0.1, -0.05) is 12.1 Å². The zero-order valence-corrected chi connectivity index (χ0v) is 9.02. The van der Waals surface area contributed by atoms with Crippen LogP contribution in [0.2, 0.25) is 0 Å². The van der Waals surface area contributed by atoms with Gasteiger partial charge >= 0.3 is 0 Å². The molecule has 4 rings (SSSR count). The van der Waals surface area contributed by atoms with Crippen molar-refractivity contribution in [2.24, 2.45) is 17.6 Å². The number of nitrogens with zero attached hydrogens (tertiary/aromatic N) is 1. The van der Waals surface area contributed by atoms with Crippen LogP contribution in [0.5, 0.6) is 0 Å². The standard InChI is InChI=1S/C13H18N2/c14-7-10-2-1-3-13(6-10)15-8-11-4-12(5-11)9-15/h1-3,6,11-12H,4-5,7-9,14H2. The summed E-state index contributed by atoms with van der Waals surface area (Å²) >= 11 is 0. The lowest BCUT2D eigenvalue weighted by molar-refractivity contribution is 0.159. The molecule has 2 aliphatic heterocycles. The Kier molecular flexibility index (Phi) is 2.17. The molecule has 2 N–H and O–H groups in total. The maximum Gasteiger partial charge on any atom is 0.0369 e. The molecule has 2 saturated heterocycles. The first-order chi connectivity index (χ1) is 7.35. The van der Waals surface area contributed by atoms with Gasteiger partial charge in [-0.3, -0.25) is 0 Å². The van der Waals surface area contributed by atoms with Gasteiger partial charge in [-0.25, -0.2) is 0 Å². The van der Waals surface area contributed by atoms with Crippen LogP contribution in [0.3, 0.4) is 0 Å². The van der Waals surface area contributed by atoms with E-state index in [4.69, 9.17) is 5.73 Å². The third kappa shape index (κ3) is 1.63. The summed E-state index contributed by atoms with van der Waals surface area (Å²) < 4.78 is 0. The molecule has 3 fully saturated rings. The van der Waals surface area contributed by atoms with E-state index in [2.05, 4.69) is 29.2 Å². The summed E-state index contributed by atoms with van der Waals surface area (Å²) in [6.07, 6.45) is 2.93. The summed E-state index contributed by atoms with van der Waals surface area (Å²) in [6, 6.07) is 8.68. The molecule has 0 unspecified atom stereocenters. The van der Waals surface area contributed by atoms with Crippen LogP contribution in [0.15, 0.2) is 24.3 Å². The number of fused-ring (bicyclic) bond motifs is 2. The minimum Gasteiger partial charge on any atom is -0.371 e. The zero-order chi connectivity index (χ0) is 10.3. The van der Waals surface area contributed by atoms with Gasteiger partial charge in [-0.2, -0.15) is 0 Å². The van der Waals surface area contributed by atoms with Crippen LogP contribution in [0.25, 0.3) is 0 Å². The molecule has 80 valence electrons. The smallest absolute Gasteiger partial charge is 0.0369 e. The van der Waals surface area contributed by atoms with Crippen molar-refractivity contribution in [3.8, 4) is 0 Å². The number of benzene rings is 1. The predicted molar refractivity (Wildman–Crippen MR) is 62.8 cm³/mol. The second-order valence-corrected chi connectivity index (χ2v) is 4.98. The molecule has 0 spiro atoms. The molecule has 15 heavy (non-hydrogen) atoms. The summed E-state index contributed by atoms with van der Waals surface area (Å²) in [4.78, 5) is 2.53. The lowest BCUT2D eigenvalue weighted by atomic mass is 9.71. The van der Waals surface area contributed by atoms with E-state index in [0.29, 0.717) is 6.54 Å². The highest BCUT2D eigenvalue weighted by Gasteiger charge is 2.36. The van der Waals surface area contributed by atoms with Crippen molar-refractivity contribution in [1.29, 1.82) is 0 Å². The van der Waals surface area contributed by atoms with Gasteiger partial charge in [0, 0.05) is 25.3 Å². The topological polar surface area (TPSA) is 29.3 Å². The summed E-state index contributed by atoms with van der Waals surface area (Å²) in [5.41, 5.74) is 8.28. The SMILES string of the molecule is NCc1cccc(N2CC3CC(C3)C2)c1. The summed E-state index contributed by atoms with van der Waals surface area (Å²) in [7, 11) is 0. The fourth-order valence-corrected chi connectivity index (χ4v) is 2.96. The molecule has 0 radical (unpaired) electrons. The summed E-state index contributed by atoms with van der Waals surface area (Å²) in [6.45, 7) is 3.16. The molecule has 2 bridgehead atoms. The van der Waals surface area contributed by atoms with Crippen LogP contribution in [0.4, 0.5) is 5.69 Å². The van der Waals surface area contributed by atoms with Crippen molar-refractivity contribution in [3.63, 3.8) is 0 Å². The van der Waals surface area contributed by atoms with E-state index in [9.17, 15) is 0 Å². The summed E-state index contributed by atoms with van der Waals surface area (Å²) in [5, 5.41) is 0. The molecule has 1 saturated carbocycles. The average Bonchev–Trinajstić information content (AvgIpc) is 2.28. The first kappa shape index (κ1) is 9.22. The van der Waals surface area contributed by atoms with Gasteiger partial charge in [0.1, 0.15) is 0 Å². The molecule has 0 atom stereocenters. The van der Waals surface area contributed by atoms with Crippen molar-refractivity contribution in [2.75, 3.05) is 18.0 Å². The lowest BCUT2D eigenvalue weighted by Crippen LogP contribution is -2.48. The molecular weight excluding hydrogens is 184 g/mol. The van der Waals surface area contributed by atoms with E-state index in [0.717, 1.165) is 11.8 Å². The second kappa shape index (κ2) is 3.53. The zero-order valence-electron chi connectivity index (χ0n) is 9.02. The molecule has 0 aromatic heterocycles. The Labute approximate surface area is 91.1 Å². The predicted octanol–water partition coefficient (Wildman–Crippen LogP) is 1.99. The van der Waals surface area contributed by atoms with Crippen LogP contribution < -0.4 is 10.6 Å². The van der Waals surface area contributed by atoms with E-state index < -0.39 is 0 Å². The van der Waals surface area contributed by atoms with E-state index in [-0.39, 0.29) is 0 Å². The van der Waals surface area contributed by atoms with Crippen LogP contribution in [-0.4, -0.2) is 13.1 Å². The van der Waals surface area contributed by atoms with Crippen molar-refractivity contribution < 1.29 is 0 Å². The van der Waals surface area contributed by atoms with Gasteiger partial charge in [-0.05, 0) is 42.4 Å². The molecular formula is C13H18N2. The summed E-state index contributed by atoms with van der Waals surface area (Å²) in [5.74, 6) is 1.93. The molecule has 2 heterocycles. The molecule has 1 aliphatic carbocycles. The number of nitrogens with two attached hydrogens (primary N) is 1. The third-order valence-electron chi connectivity index (χ3n) is 3.80. The minimum absolute atomic E-state index is 0.647. The number of hydrogen-bond donors (Lipinski definition) is 1. The molecule has 2 nitrogen and oxygen atoms in total. The molecule has 2 heteroatoms. The Morgan fingerprint density at radius 2 is 1.93 bits per heavy atom. The number of rotatable bonds is 2. The van der Waals surface area contributed by atoms with E-state index >= 15 is 0 Å². The number of anilines is 1. The molecule has 1 aromatic carbocycles. The quantitative estimate of drug-likeness (QED) is 0.794. The van der Waals surface area contributed by atoms with Gasteiger partial charge in [-0.15, -0.1) is 0 Å². The Hall–Kier alpha value is -1.02. The first-order valence-corrected chi connectivity index (χ1v) is 5.89. The van der Waals surface area contributed by atoms with Crippen molar-refractivity contribution in [3.05, 3.63) is 29.8 Å². The van der Waals surface area contributed by atoms with Crippen molar-refractivity contribution in [1.82, 2.24) is 0 Å². The Morgan fingerprint density at radius 3 is 2.60 bits per heavy atom. The minimum atomic E-state index is 0.647. The van der Waals surface area contributed by atoms with Crippen LogP contribution in [0, 0.1) is 11.8 Å². The van der Waals surface area contributed by atoms with Crippen molar-refractivity contribution in [2.45, 2.75) is 19.4 Å². The Bertz CT molecular complexity index is 345. The highest BCUT2D eigenvalue weighted by atomic mass is 15.2. The monoisotopic (exact) mass is 202 g/mol. The van der Waals surface area contributed by atoms with Gasteiger partial charge in [0.2, 0.25) is 0 Å². The van der Waals surface area contributed by atoms with E-state index in [1.807, 2.05) is 0 Å². The van der Waals surface area contributed by atoms with Gasteiger partial charge in [0.05, 0.1) is 0 Å². The van der Waals surface area contributed by atoms with E-state index in [1.54, 1.807) is 0 Å². The average molecular weight is 202 g/mol. The van der Waals surface area contributed by atoms with Crippen molar-refractivity contribution >= 4 is 5.69 Å². The van der Waals surface area contributed by atoms with Crippen LogP contribution in [-0.2, 0) is 6.54 Å². The molecule has 0 amide bonds. The maximum atomic E-state index is 5.67.